The fraction of sp³-hybridized carbons (Fsp3) is 0.0750. The summed E-state index contributed by atoms with van der Waals surface area (Å²) in [7, 11) is 0. The summed E-state index contributed by atoms with van der Waals surface area (Å²) in [6.07, 6.45) is 13.0. The van der Waals surface area contributed by atoms with E-state index in [0.717, 1.165) is 24.1 Å². The van der Waals surface area contributed by atoms with Crippen LogP contribution in [-0.4, -0.2) is 4.98 Å². The van der Waals surface area contributed by atoms with Crippen LogP contribution in [0.5, 0.6) is 0 Å². The Morgan fingerprint density at radius 3 is 2.25 bits per heavy atom. The van der Waals surface area contributed by atoms with Crippen LogP contribution in [0, 0.1) is 0 Å². The third kappa shape index (κ3) is 5.25. The Kier molecular flexibility index (Phi) is 7.31. The number of pyridine rings is 1. The van der Waals surface area contributed by atoms with Gasteiger partial charge in [0.25, 0.3) is 0 Å². The van der Waals surface area contributed by atoms with Crippen molar-refractivity contribution in [2.45, 2.75) is 33.6 Å². The Labute approximate surface area is 267 Å². The van der Waals surface area contributed by atoms with Crippen LogP contribution in [0.3, 0.4) is 0 Å². The quantitative estimate of drug-likeness (QED) is 0.222. The normalized spacial score (nSPS) is 17.2. The van der Waals surface area contributed by atoms with Gasteiger partial charge in [0.2, 0.25) is 0 Å². The van der Waals surface area contributed by atoms with Gasteiger partial charge in [-0.25, -0.2) is 0 Å². The molecule has 3 aliphatic rings. The lowest BCUT2D eigenvalue weighted by Gasteiger charge is -2.28. The van der Waals surface area contributed by atoms with Gasteiger partial charge >= 0.3 is 0 Å². The highest BCUT2D eigenvalue weighted by Crippen LogP contribution is 2.50. The predicted molar refractivity (Wildman–Crippen MR) is 185 cm³/mol. The molecule has 0 fully saturated rings. The molecule has 1 unspecified atom stereocenters. The van der Waals surface area contributed by atoms with Crippen molar-refractivity contribution in [3.8, 4) is 22.4 Å². The van der Waals surface area contributed by atoms with Crippen molar-refractivity contribution in [3.63, 3.8) is 0 Å². The first kappa shape index (κ1) is 27.1. The largest absolute Gasteiger partial charge is 0.374 e. The molecule has 212 valence electrons. The predicted octanol–water partition coefficient (Wildman–Crippen LogP) is 10.9. The number of nitrogens with zero attached hydrogens (tertiary/aromatic N) is 1. The summed E-state index contributed by atoms with van der Waals surface area (Å²) in [5.41, 5.74) is 11.2. The third-order valence-electron chi connectivity index (χ3n) is 8.40. The first-order valence-corrected chi connectivity index (χ1v) is 16.7. The number of nitrogens with one attached hydrogen (secondary N) is 1. The van der Waals surface area contributed by atoms with Crippen LogP contribution in [0.1, 0.15) is 30.0 Å². The molecule has 1 atom stereocenters. The maximum atomic E-state index is 4.67. The van der Waals surface area contributed by atoms with Gasteiger partial charge in [-0.3, -0.25) is 4.98 Å². The summed E-state index contributed by atoms with van der Waals surface area (Å²) in [5.74, 6) is 0. The zero-order chi connectivity index (χ0) is 29.3. The van der Waals surface area contributed by atoms with E-state index in [0.29, 0.717) is 0 Å². The van der Waals surface area contributed by atoms with E-state index in [1.807, 2.05) is 35.8 Å². The summed E-state index contributed by atoms with van der Waals surface area (Å²) in [6, 6.07) is 41.6. The Bertz CT molecular complexity index is 1990. The highest BCUT2D eigenvalue weighted by atomic mass is 32.2. The number of benzene rings is 4. The van der Waals surface area contributed by atoms with Crippen LogP contribution in [-0.2, 0) is 0 Å². The van der Waals surface area contributed by atoms with Gasteiger partial charge in [0, 0.05) is 37.0 Å². The summed E-state index contributed by atoms with van der Waals surface area (Å²) >= 11 is 3.77. The van der Waals surface area contributed by atoms with Gasteiger partial charge < -0.3 is 5.32 Å². The number of dihydropyridines is 1. The zero-order valence-corrected chi connectivity index (χ0v) is 25.7. The summed E-state index contributed by atoms with van der Waals surface area (Å²) in [6.45, 7) is 0. The van der Waals surface area contributed by atoms with Crippen molar-refractivity contribution < 1.29 is 0 Å². The molecule has 4 heteroatoms. The van der Waals surface area contributed by atoms with E-state index in [-0.39, 0.29) is 6.04 Å². The van der Waals surface area contributed by atoms with E-state index >= 15 is 0 Å². The number of rotatable bonds is 3. The van der Waals surface area contributed by atoms with Gasteiger partial charge in [-0.1, -0.05) is 121 Å². The van der Waals surface area contributed by atoms with Crippen molar-refractivity contribution in [2.75, 3.05) is 0 Å². The molecule has 3 heterocycles. The average molecular weight is 603 g/mol. The highest BCUT2D eigenvalue weighted by molar-refractivity contribution is 8.03. The minimum absolute atomic E-state index is 0.166. The van der Waals surface area contributed by atoms with Crippen molar-refractivity contribution in [1.29, 1.82) is 0 Å². The van der Waals surface area contributed by atoms with Gasteiger partial charge in [0.15, 0.2) is 0 Å². The SMILES string of the molecule is C1=CC(c2ccccc2)NC(C2=CC3=C(CC2)c2ccccc2Sc2ccccc2-c2ccc(-c4ccccn4)cc2S3)=C1. The van der Waals surface area contributed by atoms with Crippen molar-refractivity contribution in [1.82, 2.24) is 10.3 Å². The van der Waals surface area contributed by atoms with Gasteiger partial charge in [0.05, 0.1) is 11.7 Å². The van der Waals surface area contributed by atoms with E-state index in [2.05, 4.69) is 144 Å². The number of thioether (sulfide) groups is 1. The number of aromatic nitrogens is 1. The van der Waals surface area contributed by atoms with Crippen molar-refractivity contribution in [3.05, 3.63) is 173 Å². The molecule has 0 saturated carbocycles. The molecule has 44 heavy (non-hydrogen) atoms. The monoisotopic (exact) mass is 602 g/mol. The Morgan fingerprint density at radius 1 is 0.659 bits per heavy atom. The summed E-state index contributed by atoms with van der Waals surface area (Å²) in [4.78, 5) is 9.82. The van der Waals surface area contributed by atoms with Crippen LogP contribution in [0.4, 0.5) is 0 Å². The van der Waals surface area contributed by atoms with Crippen LogP contribution < -0.4 is 5.32 Å². The summed E-state index contributed by atoms with van der Waals surface area (Å²) in [5, 5.41) is 3.83. The maximum Gasteiger partial charge on any atom is 0.0702 e. The Morgan fingerprint density at radius 2 is 1.41 bits per heavy atom. The average Bonchev–Trinajstić information content (AvgIpc) is 3.10. The van der Waals surface area contributed by atoms with Gasteiger partial charge in [-0.2, -0.15) is 0 Å². The smallest absolute Gasteiger partial charge is 0.0702 e. The van der Waals surface area contributed by atoms with E-state index in [1.54, 1.807) is 0 Å². The fourth-order valence-corrected chi connectivity index (χ4v) is 8.56. The summed E-state index contributed by atoms with van der Waals surface area (Å²) < 4.78 is 0. The topological polar surface area (TPSA) is 24.9 Å². The maximum absolute atomic E-state index is 4.67. The number of fused-ring (bicyclic) bond motifs is 5. The van der Waals surface area contributed by atoms with Gasteiger partial charge in [-0.15, -0.1) is 0 Å². The number of allylic oxidation sites excluding steroid dienone is 5. The Hall–Kier alpha value is -4.51. The second-order valence-electron chi connectivity index (χ2n) is 11.1. The molecule has 0 spiro atoms. The molecule has 8 rings (SSSR count). The first-order chi connectivity index (χ1) is 21.8. The molecule has 2 aliphatic heterocycles. The molecule has 1 N–H and O–H groups in total. The lowest BCUT2D eigenvalue weighted by atomic mass is 9.90. The number of hydrogen-bond donors (Lipinski definition) is 1. The standard InChI is InChI=1S/C40H30N2S2/c1-2-11-27(12-3-1)35-16-10-17-36(42-35)29-21-23-33-31-14-5-7-19-38(31)43-37-18-6-4-13-30(37)32-22-20-28(34-15-8-9-24-41-34)25-39(32)44-40(33)26-29/h1-20,22,24-26,35,42H,21,23H2. The first-order valence-electron chi connectivity index (χ1n) is 15.0. The van der Waals surface area contributed by atoms with Gasteiger partial charge in [0.1, 0.15) is 0 Å². The number of hydrogen-bond acceptors (Lipinski definition) is 4. The van der Waals surface area contributed by atoms with Crippen LogP contribution in [0.2, 0.25) is 0 Å². The van der Waals surface area contributed by atoms with Crippen molar-refractivity contribution in [2.24, 2.45) is 0 Å². The highest BCUT2D eigenvalue weighted by Gasteiger charge is 2.25. The molecular weight excluding hydrogens is 573 g/mol. The zero-order valence-electron chi connectivity index (χ0n) is 24.1. The third-order valence-corrected chi connectivity index (χ3v) is 10.7. The fourth-order valence-electron chi connectivity index (χ4n) is 6.19. The van der Waals surface area contributed by atoms with Crippen LogP contribution in [0.25, 0.3) is 28.0 Å². The Balaban J connectivity index is 1.27. The molecule has 1 aliphatic carbocycles. The van der Waals surface area contributed by atoms with E-state index in [9.17, 15) is 0 Å². The molecule has 0 amide bonds. The van der Waals surface area contributed by atoms with E-state index < -0.39 is 0 Å². The van der Waals surface area contributed by atoms with Crippen LogP contribution >= 0.6 is 23.5 Å². The lowest BCUT2D eigenvalue weighted by Crippen LogP contribution is -2.23. The van der Waals surface area contributed by atoms with Crippen LogP contribution in [0.15, 0.2) is 177 Å². The van der Waals surface area contributed by atoms with Crippen molar-refractivity contribution >= 4 is 29.1 Å². The second kappa shape index (κ2) is 11.9. The molecule has 5 aromatic rings. The minimum atomic E-state index is 0.166. The lowest BCUT2D eigenvalue weighted by molar-refractivity contribution is 0.701. The molecule has 4 aromatic carbocycles. The van der Waals surface area contributed by atoms with E-state index in [4.69, 9.17) is 0 Å². The molecule has 0 bridgehead atoms. The molecule has 0 radical (unpaired) electrons. The molecule has 2 nitrogen and oxygen atoms in total. The molecule has 1 aromatic heterocycles. The second-order valence-corrected chi connectivity index (χ2v) is 13.3. The molecular formula is C40H30N2S2. The van der Waals surface area contributed by atoms with Gasteiger partial charge in [-0.05, 0) is 88.7 Å². The minimum Gasteiger partial charge on any atom is -0.374 e. The van der Waals surface area contributed by atoms with E-state index in [1.165, 1.54) is 58.7 Å². The molecule has 0 saturated heterocycles.